The van der Waals surface area contributed by atoms with Gasteiger partial charge in [-0.3, -0.25) is 14.7 Å². The molecule has 2 atom stereocenters. The number of aliphatic hydroxyl groups excluding tert-OH is 1. The van der Waals surface area contributed by atoms with Crippen LogP contribution in [-0.2, 0) is 29.9 Å². The van der Waals surface area contributed by atoms with Crippen LogP contribution >= 0.6 is 0 Å². The van der Waals surface area contributed by atoms with Crippen LogP contribution < -0.4 is 5.32 Å². The first-order valence-electron chi connectivity index (χ1n) is 11.6. The lowest BCUT2D eigenvalue weighted by atomic mass is 9.93. The van der Waals surface area contributed by atoms with Crippen molar-refractivity contribution in [1.82, 2.24) is 20.1 Å². The average Bonchev–Trinajstić information content (AvgIpc) is 3.04. The van der Waals surface area contributed by atoms with Crippen LogP contribution in [0.15, 0.2) is 30.3 Å². The van der Waals surface area contributed by atoms with Crippen LogP contribution in [0.4, 0.5) is 4.39 Å². The van der Waals surface area contributed by atoms with Crippen molar-refractivity contribution in [3.8, 4) is 0 Å². The van der Waals surface area contributed by atoms with E-state index in [1.165, 1.54) is 12.1 Å². The number of pyridine rings is 1. The maximum absolute atomic E-state index is 13.4. The van der Waals surface area contributed by atoms with E-state index < -0.39 is 5.54 Å². The summed E-state index contributed by atoms with van der Waals surface area (Å²) in [6.07, 6.45) is 1.05. The molecule has 3 heterocycles. The van der Waals surface area contributed by atoms with Crippen molar-refractivity contribution < 1.29 is 14.3 Å². The molecule has 0 bridgehead atoms. The Balaban J connectivity index is 1.56. The Morgan fingerprint density at radius 1 is 1.33 bits per heavy atom. The molecule has 0 aliphatic carbocycles. The minimum absolute atomic E-state index is 0.0520. The molecule has 2 aliphatic heterocycles. The highest BCUT2D eigenvalue weighted by Gasteiger charge is 2.43. The molecule has 1 fully saturated rings. The Kier molecular flexibility index (Phi) is 6.89. The molecule has 2 N–H and O–H groups in total. The number of rotatable bonds is 6. The summed E-state index contributed by atoms with van der Waals surface area (Å²) in [7, 11) is 5.95. The second-order valence-electron chi connectivity index (χ2n) is 9.73. The van der Waals surface area contributed by atoms with Crippen LogP contribution in [0.3, 0.4) is 0 Å². The molecule has 2 aliphatic rings. The Labute approximate surface area is 196 Å². The quantitative estimate of drug-likeness (QED) is 0.661. The van der Waals surface area contributed by atoms with Gasteiger partial charge in [-0.25, -0.2) is 4.39 Å². The molecule has 174 valence electrons. The van der Waals surface area contributed by atoms with Gasteiger partial charge in [0.15, 0.2) is 0 Å². The van der Waals surface area contributed by atoms with E-state index in [-0.39, 0.29) is 24.4 Å². The van der Waals surface area contributed by atoms with Crippen LogP contribution in [0.2, 0.25) is 6.32 Å². The van der Waals surface area contributed by atoms with Gasteiger partial charge in [-0.15, -0.1) is 0 Å². The molecule has 0 unspecified atom stereocenters. The van der Waals surface area contributed by atoms with Gasteiger partial charge < -0.3 is 15.3 Å². The fraction of sp³-hybridized carbons (Fsp3) is 0.520. The Hall–Kier alpha value is -2.29. The summed E-state index contributed by atoms with van der Waals surface area (Å²) in [6.45, 7) is 8.29. The number of piperazine rings is 1. The zero-order valence-electron chi connectivity index (χ0n) is 19.6. The molecule has 1 aromatic heterocycles. The van der Waals surface area contributed by atoms with E-state index in [1.807, 2.05) is 24.8 Å². The Morgan fingerprint density at radius 2 is 2.06 bits per heavy atom. The third kappa shape index (κ3) is 4.83. The largest absolute Gasteiger partial charge is 0.390 e. The molecule has 33 heavy (non-hydrogen) atoms. The number of carbonyl (C=O) groups is 1. The molecule has 8 heteroatoms. The number of fused-ring (bicyclic) bond motifs is 1. The van der Waals surface area contributed by atoms with Crippen LogP contribution in [0.5, 0.6) is 0 Å². The minimum Gasteiger partial charge on any atom is -0.390 e. The molecule has 1 amide bonds. The summed E-state index contributed by atoms with van der Waals surface area (Å²) >= 11 is 0. The van der Waals surface area contributed by atoms with E-state index in [1.54, 1.807) is 12.1 Å². The van der Waals surface area contributed by atoms with Crippen molar-refractivity contribution in [1.29, 1.82) is 0 Å². The van der Waals surface area contributed by atoms with E-state index in [0.29, 0.717) is 37.6 Å². The standard InChI is InChI=1S/C25H32BFN4O2/c1-16-12-30(21(10-26)11-28-16)14-23(33)31-13-19-9-18(8-17-4-6-20(27)7-5-17)22(15-32)29-24(19)25(31,2)3/h4-7,9,16,21,28,32H,8,10-15H2,1-3H3/t16-,21+/m1/s1. The number of nitrogens with zero attached hydrogens (tertiary/aromatic N) is 3. The monoisotopic (exact) mass is 450 g/mol. The lowest BCUT2D eigenvalue weighted by molar-refractivity contribution is -0.138. The summed E-state index contributed by atoms with van der Waals surface area (Å²) in [6, 6.07) is 8.85. The first-order chi connectivity index (χ1) is 15.7. The van der Waals surface area contributed by atoms with Gasteiger partial charge in [0.25, 0.3) is 0 Å². The molecule has 4 rings (SSSR count). The van der Waals surface area contributed by atoms with Crippen molar-refractivity contribution in [3.05, 3.63) is 64.2 Å². The van der Waals surface area contributed by atoms with E-state index >= 15 is 0 Å². The van der Waals surface area contributed by atoms with Crippen molar-refractivity contribution >= 4 is 13.8 Å². The smallest absolute Gasteiger partial charge is 0.237 e. The van der Waals surface area contributed by atoms with Crippen LogP contribution in [0, 0.1) is 5.82 Å². The molecular weight excluding hydrogens is 418 g/mol. The number of halogens is 1. The number of carbonyl (C=O) groups excluding carboxylic acids is 1. The first kappa shape index (κ1) is 23.9. The summed E-state index contributed by atoms with van der Waals surface area (Å²) < 4.78 is 13.3. The maximum Gasteiger partial charge on any atom is 0.237 e. The number of hydrogen-bond acceptors (Lipinski definition) is 5. The Bertz CT molecular complexity index is 1010. The van der Waals surface area contributed by atoms with Crippen molar-refractivity contribution in [3.63, 3.8) is 0 Å². The second kappa shape index (κ2) is 9.53. The van der Waals surface area contributed by atoms with Gasteiger partial charge in [0, 0.05) is 31.7 Å². The highest BCUT2D eigenvalue weighted by Crippen LogP contribution is 2.39. The van der Waals surface area contributed by atoms with Gasteiger partial charge in [-0.2, -0.15) is 0 Å². The van der Waals surface area contributed by atoms with E-state index in [2.05, 4.69) is 17.1 Å². The predicted octanol–water partition coefficient (Wildman–Crippen LogP) is 2.13. The third-order valence-electron chi connectivity index (χ3n) is 6.95. The van der Waals surface area contributed by atoms with Crippen LogP contribution in [0.1, 0.15) is 48.8 Å². The fourth-order valence-corrected chi connectivity index (χ4v) is 5.02. The van der Waals surface area contributed by atoms with Gasteiger partial charge in [0.1, 0.15) is 5.82 Å². The zero-order valence-corrected chi connectivity index (χ0v) is 19.6. The molecule has 0 spiro atoms. The van der Waals surface area contributed by atoms with E-state index in [0.717, 1.165) is 35.5 Å². The number of amides is 1. The van der Waals surface area contributed by atoms with Crippen LogP contribution in [-0.4, -0.2) is 65.4 Å². The number of aromatic nitrogens is 1. The van der Waals surface area contributed by atoms with E-state index in [4.69, 9.17) is 12.8 Å². The third-order valence-corrected chi connectivity index (χ3v) is 6.95. The van der Waals surface area contributed by atoms with Gasteiger partial charge in [-0.05, 0) is 62.1 Å². The molecule has 1 aromatic carbocycles. The van der Waals surface area contributed by atoms with Crippen molar-refractivity contribution in [2.24, 2.45) is 0 Å². The molecule has 2 radical (unpaired) electrons. The summed E-state index contributed by atoms with van der Waals surface area (Å²) in [5, 5.41) is 13.4. The summed E-state index contributed by atoms with van der Waals surface area (Å²) in [5.74, 6) is -0.226. The SMILES string of the molecule is [B]C[C@H]1CN[C@H](C)CN1CC(=O)N1Cc2cc(Cc3ccc(F)cc3)c(CO)nc2C1(C)C. The number of hydrogen-bond donors (Lipinski definition) is 2. The zero-order chi connectivity index (χ0) is 23.8. The van der Waals surface area contributed by atoms with Crippen molar-refractivity contribution in [2.45, 2.75) is 64.3 Å². The number of nitrogens with one attached hydrogen (secondary N) is 1. The molecule has 1 saturated heterocycles. The molecular formula is C25H32BFN4O2. The van der Waals surface area contributed by atoms with E-state index in [9.17, 15) is 14.3 Å². The van der Waals surface area contributed by atoms with Crippen LogP contribution in [0.25, 0.3) is 0 Å². The maximum atomic E-state index is 13.4. The van der Waals surface area contributed by atoms with Gasteiger partial charge >= 0.3 is 0 Å². The number of benzene rings is 1. The lowest BCUT2D eigenvalue weighted by Crippen LogP contribution is -2.58. The summed E-state index contributed by atoms with van der Waals surface area (Å²) in [4.78, 5) is 22.3. The Morgan fingerprint density at radius 3 is 2.73 bits per heavy atom. The summed E-state index contributed by atoms with van der Waals surface area (Å²) in [5.41, 5.74) is 3.67. The average molecular weight is 450 g/mol. The number of aliphatic hydroxyl groups is 1. The first-order valence-corrected chi connectivity index (χ1v) is 11.6. The predicted molar refractivity (Wildman–Crippen MR) is 126 cm³/mol. The van der Waals surface area contributed by atoms with Crippen molar-refractivity contribution in [2.75, 3.05) is 19.6 Å². The lowest BCUT2D eigenvalue weighted by Gasteiger charge is -2.40. The molecule has 6 nitrogen and oxygen atoms in total. The fourth-order valence-electron chi connectivity index (χ4n) is 5.02. The molecule has 0 saturated carbocycles. The van der Waals surface area contributed by atoms with Gasteiger partial charge in [0.05, 0.1) is 37.9 Å². The van der Waals surface area contributed by atoms with Gasteiger partial charge in [-0.1, -0.05) is 18.5 Å². The topological polar surface area (TPSA) is 68.7 Å². The molecule has 2 aromatic rings. The second-order valence-corrected chi connectivity index (χ2v) is 9.73. The minimum atomic E-state index is -0.581. The van der Waals surface area contributed by atoms with Gasteiger partial charge in [0.2, 0.25) is 5.91 Å². The normalized spacial score (nSPS) is 22.4. The highest BCUT2D eigenvalue weighted by molar-refractivity contribution is 6.09. The highest BCUT2D eigenvalue weighted by atomic mass is 19.1.